The molecule has 0 N–H and O–H groups in total. The van der Waals surface area contributed by atoms with Gasteiger partial charge in [-0.05, 0) is 25.0 Å². The highest BCUT2D eigenvalue weighted by molar-refractivity contribution is 7.86. The van der Waals surface area contributed by atoms with E-state index in [-0.39, 0.29) is 5.75 Å². The fourth-order valence-electron chi connectivity index (χ4n) is 2.25. The molecule has 0 unspecified atom stereocenters. The minimum absolute atomic E-state index is 0.0103. The second-order valence-corrected chi connectivity index (χ2v) is 7.48. The van der Waals surface area contributed by atoms with Crippen LogP contribution in [-0.2, 0) is 14.3 Å². The molecule has 1 rings (SSSR count). The average Bonchev–Trinajstić information content (AvgIpc) is 2.55. The van der Waals surface area contributed by atoms with Gasteiger partial charge in [0, 0.05) is 0 Å². The van der Waals surface area contributed by atoms with Crippen LogP contribution in [0.2, 0.25) is 0 Å². The highest BCUT2D eigenvalue weighted by Crippen LogP contribution is 2.10. The smallest absolute Gasteiger partial charge is 0.267 e. The van der Waals surface area contributed by atoms with Gasteiger partial charge < -0.3 is 4.74 Å². The molecule has 5 heteroatoms. The van der Waals surface area contributed by atoms with Crippen molar-refractivity contribution in [2.24, 2.45) is 0 Å². The summed E-state index contributed by atoms with van der Waals surface area (Å²) in [6.07, 6.45) is 8.49. The molecule has 4 nitrogen and oxygen atoms in total. The Labute approximate surface area is 141 Å². The van der Waals surface area contributed by atoms with Gasteiger partial charge in [-0.2, -0.15) is 8.42 Å². The summed E-state index contributed by atoms with van der Waals surface area (Å²) in [4.78, 5) is 0. The summed E-state index contributed by atoms with van der Waals surface area (Å²) >= 11 is 0. The molecule has 1 aromatic carbocycles. The third-order valence-corrected chi connectivity index (χ3v) is 4.88. The van der Waals surface area contributed by atoms with Crippen molar-refractivity contribution in [1.82, 2.24) is 0 Å². The minimum atomic E-state index is -3.42. The summed E-state index contributed by atoms with van der Waals surface area (Å²) in [6.45, 7) is 2.88. The molecular weight excluding hydrogens is 312 g/mol. The Morgan fingerprint density at radius 1 is 0.826 bits per heavy atom. The van der Waals surface area contributed by atoms with Crippen LogP contribution in [0.25, 0.3) is 0 Å². The predicted octanol–water partition coefficient (Wildman–Crippen LogP) is 4.55. The highest BCUT2D eigenvalue weighted by Gasteiger charge is 2.10. The van der Waals surface area contributed by atoms with Gasteiger partial charge in [-0.3, -0.25) is 4.18 Å². The Morgan fingerprint density at radius 3 is 2.17 bits per heavy atom. The first-order valence-corrected chi connectivity index (χ1v) is 10.3. The van der Waals surface area contributed by atoms with E-state index in [9.17, 15) is 8.42 Å². The molecule has 0 aliphatic rings. The number of para-hydroxylation sites is 1. The molecule has 1 aromatic rings. The first-order chi connectivity index (χ1) is 11.1. The lowest BCUT2D eigenvalue weighted by Crippen LogP contribution is -2.14. The van der Waals surface area contributed by atoms with Crippen LogP contribution in [-0.4, -0.2) is 27.4 Å². The maximum absolute atomic E-state index is 11.7. The van der Waals surface area contributed by atoms with Crippen molar-refractivity contribution in [2.75, 3.05) is 19.0 Å². The first-order valence-electron chi connectivity index (χ1n) is 8.69. The van der Waals surface area contributed by atoms with E-state index in [0.717, 1.165) is 25.0 Å². The zero-order chi connectivity index (χ0) is 16.8. The van der Waals surface area contributed by atoms with Gasteiger partial charge in [-0.1, -0.05) is 63.6 Å². The van der Waals surface area contributed by atoms with E-state index in [1.54, 1.807) is 0 Å². The van der Waals surface area contributed by atoms with Crippen molar-refractivity contribution in [3.05, 3.63) is 30.3 Å². The highest BCUT2D eigenvalue weighted by atomic mass is 32.2. The Morgan fingerprint density at radius 2 is 1.48 bits per heavy atom. The van der Waals surface area contributed by atoms with E-state index in [1.165, 1.54) is 25.7 Å². The Hall–Kier alpha value is -1.07. The average molecular weight is 343 g/mol. The Balaban J connectivity index is 2.00. The zero-order valence-corrected chi connectivity index (χ0v) is 15.0. The van der Waals surface area contributed by atoms with Crippen molar-refractivity contribution in [3.63, 3.8) is 0 Å². The van der Waals surface area contributed by atoms with Crippen LogP contribution in [0.15, 0.2) is 30.3 Å². The van der Waals surface area contributed by atoms with Crippen molar-refractivity contribution in [2.45, 2.75) is 58.3 Å². The second kappa shape index (κ2) is 12.4. The van der Waals surface area contributed by atoms with Crippen molar-refractivity contribution < 1.29 is 17.3 Å². The van der Waals surface area contributed by atoms with E-state index in [2.05, 4.69) is 6.92 Å². The summed E-state index contributed by atoms with van der Waals surface area (Å²) in [5.41, 5.74) is 0. The van der Waals surface area contributed by atoms with Crippen molar-refractivity contribution in [3.8, 4) is 5.75 Å². The molecule has 0 saturated carbocycles. The Kier molecular flexibility index (Phi) is 10.7. The maximum Gasteiger partial charge on any atom is 0.267 e. The summed E-state index contributed by atoms with van der Waals surface area (Å²) in [5, 5.41) is 0. The maximum atomic E-state index is 11.7. The summed E-state index contributed by atoms with van der Waals surface area (Å²) in [5.74, 6) is 0.768. The van der Waals surface area contributed by atoms with Gasteiger partial charge >= 0.3 is 0 Å². The second-order valence-electron chi connectivity index (χ2n) is 5.72. The van der Waals surface area contributed by atoms with E-state index in [1.807, 2.05) is 30.3 Å². The van der Waals surface area contributed by atoms with Crippen LogP contribution in [0.4, 0.5) is 0 Å². The molecule has 0 aromatic heterocycles. The summed E-state index contributed by atoms with van der Waals surface area (Å²) in [6, 6.07) is 9.39. The van der Waals surface area contributed by atoms with Gasteiger partial charge in [-0.15, -0.1) is 0 Å². The van der Waals surface area contributed by atoms with Gasteiger partial charge in [0.15, 0.2) is 0 Å². The van der Waals surface area contributed by atoms with E-state index < -0.39 is 10.1 Å². The van der Waals surface area contributed by atoms with Crippen LogP contribution in [0.3, 0.4) is 0 Å². The normalized spacial score (nSPS) is 11.5. The SMILES string of the molecule is CCCCCCCCCOS(=O)(=O)CCCOc1ccccc1. The lowest BCUT2D eigenvalue weighted by molar-refractivity contribution is 0.295. The molecule has 0 saturated heterocycles. The minimum Gasteiger partial charge on any atom is -0.494 e. The van der Waals surface area contributed by atoms with Gasteiger partial charge in [0.05, 0.1) is 19.0 Å². The van der Waals surface area contributed by atoms with Crippen LogP contribution in [0, 0.1) is 0 Å². The number of benzene rings is 1. The molecule has 132 valence electrons. The van der Waals surface area contributed by atoms with Crippen LogP contribution in [0.5, 0.6) is 5.75 Å². The number of ether oxygens (including phenoxy) is 1. The van der Waals surface area contributed by atoms with Crippen LogP contribution < -0.4 is 4.74 Å². The van der Waals surface area contributed by atoms with Gasteiger partial charge in [0.2, 0.25) is 0 Å². The predicted molar refractivity (Wildman–Crippen MR) is 94.3 cm³/mol. The molecule has 0 atom stereocenters. The molecule has 0 amide bonds. The molecule has 0 aliphatic carbocycles. The summed E-state index contributed by atoms with van der Waals surface area (Å²) in [7, 11) is -3.42. The molecule has 23 heavy (non-hydrogen) atoms. The molecule has 0 fully saturated rings. The number of hydrogen-bond acceptors (Lipinski definition) is 4. The zero-order valence-electron chi connectivity index (χ0n) is 14.2. The quantitative estimate of drug-likeness (QED) is 0.367. The Bertz CT molecular complexity index is 485. The van der Waals surface area contributed by atoms with Crippen LogP contribution >= 0.6 is 0 Å². The van der Waals surface area contributed by atoms with Gasteiger partial charge in [0.1, 0.15) is 5.75 Å². The molecule has 0 heterocycles. The molecule has 0 radical (unpaired) electrons. The number of hydrogen-bond donors (Lipinski definition) is 0. The monoisotopic (exact) mass is 342 g/mol. The number of unbranched alkanes of at least 4 members (excludes halogenated alkanes) is 6. The number of rotatable bonds is 14. The fourth-order valence-corrected chi connectivity index (χ4v) is 3.21. The molecule has 0 bridgehead atoms. The van der Waals surface area contributed by atoms with Crippen molar-refractivity contribution >= 4 is 10.1 Å². The van der Waals surface area contributed by atoms with Gasteiger partial charge in [-0.25, -0.2) is 0 Å². The van der Waals surface area contributed by atoms with E-state index in [4.69, 9.17) is 8.92 Å². The lowest BCUT2D eigenvalue weighted by Gasteiger charge is -2.07. The molecule has 0 spiro atoms. The molecule has 0 aliphatic heterocycles. The third-order valence-electron chi connectivity index (χ3n) is 3.56. The largest absolute Gasteiger partial charge is 0.494 e. The fraction of sp³-hybridized carbons (Fsp3) is 0.667. The third kappa shape index (κ3) is 11.2. The van der Waals surface area contributed by atoms with Gasteiger partial charge in [0.25, 0.3) is 10.1 Å². The standard InChI is InChI=1S/C18H30O4S/c1-2-3-4-5-6-7-11-16-22-23(19,20)17-12-15-21-18-13-9-8-10-14-18/h8-10,13-14H,2-7,11-12,15-17H2,1H3. The van der Waals surface area contributed by atoms with Crippen LogP contribution in [0.1, 0.15) is 58.3 Å². The first kappa shape index (κ1) is 20.0. The molecular formula is C18H30O4S. The topological polar surface area (TPSA) is 52.6 Å². The van der Waals surface area contributed by atoms with Crippen molar-refractivity contribution in [1.29, 1.82) is 0 Å². The lowest BCUT2D eigenvalue weighted by atomic mass is 10.1. The van der Waals surface area contributed by atoms with E-state index in [0.29, 0.717) is 19.6 Å². The van der Waals surface area contributed by atoms with E-state index >= 15 is 0 Å². The summed E-state index contributed by atoms with van der Waals surface area (Å²) < 4.78 is 34.0.